The van der Waals surface area contributed by atoms with Crippen molar-refractivity contribution in [3.05, 3.63) is 0 Å². The van der Waals surface area contributed by atoms with Crippen molar-refractivity contribution in [2.24, 2.45) is 23.0 Å². The first kappa shape index (κ1) is 13.5. The number of rotatable bonds is 6. The number of primary amides is 1. The van der Waals surface area contributed by atoms with Gasteiger partial charge in [0, 0.05) is 5.41 Å². The molecule has 0 saturated carbocycles. The largest absolute Gasteiger partial charge is 0.369 e. The minimum absolute atomic E-state index is 0.146. The van der Waals surface area contributed by atoms with E-state index in [4.69, 9.17) is 5.73 Å². The van der Waals surface area contributed by atoms with Gasteiger partial charge in [0.05, 0.1) is 0 Å². The Kier molecular flexibility index (Phi) is 5.17. The quantitative estimate of drug-likeness (QED) is 0.702. The molecule has 0 spiro atoms. The van der Waals surface area contributed by atoms with Crippen molar-refractivity contribution in [3.8, 4) is 0 Å². The van der Waals surface area contributed by atoms with Crippen LogP contribution in [0.2, 0.25) is 0 Å². The van der Waals surface area contributed by atoms with Crippen molar-refractivity contribution in [3.63, 3.8) is 0 Å². The van der Waals surface area contributed by atoms with Gasteiger partial charge in [-0.2, -0.15) is 0 Å². The van der Waals surface area contributed by atoms with E-state index in [0.29, 0.717) is 11.8 Å². The second-order valence-electron chi connectivity index (χ2n) is 5.46. The summed E-state index contributed by atoms with van der Waals surface area (Å²) in [7, 11) is 0. The maximum absolute atomic E-state index is 11.4. The average molecular weight is 199 g/mol. The van der Waals surface area contributed by atoms with Crippen LogP contribution in [0.3, 0.4) is 0 Å². The van der Waals surface area contributed by atoms with Crippen molar-refractivity contribution in [1.82, 2.24) is 0 Å². The van der Waals surface area contributed by atoms with Gasteiger partial charge in [0.1, 0.15) is 0 Å². The van der Waals surface area contributed by atoms with Crippen LogP contribution in [0, 0.1) is 17.3 Å². The minimum Gasteiger partial charge on any atom is -0.369 e. The summed E-state index contributed by atoms with van der Waals surface area (Å²) in [4.78, 5) is 11.4. The molecule has 0 aliphatic rings. The maximum Gasteiger partial charge on any atom is 0.223 e. The Bertz CT molecular complexity index is 187. The zero-order valence-corrected chi connectivity index (χ0v) is 10.3. The number of amides is 1. The monoisotopic (exact) mass is 199 g/mol. The molecule has 2 heteroatoms. The van der Waals surface area contributed by atoms with Crippen LogP contribution in [-0.2, 0) is 4.79 Å². The summed E-state index contributed by atoms with van der Waals surface area (Å²) in [6.07, 6.45) is 2.89. The molecule has 0 radical (unpaired) electrons. The Morgan fingerprint density at radius 2 is 1.71 bits per heavy atom. The van der Waals surface area contributed by atoms with Crippen LogP contribution in [0.1, 0.15) is 53.9 Å². The normalized spacial score (nSPS) is 15.9. The fourth-order valence-electron chi connectivity index (χ4n) is 1.83. The van der Waals surface area contributed by atoms with Gasteiger partial charge in [-0.05, 0) is 31.1 Å². The third kappa shape index (κ3) is 4.64. The molecule has 0 aliphatic heterocycles. The predicted octanol–water partition coefficient (Wildman–Crippen LogP) is 2.96. The van der Waals surface area contributed by atoms with Gasteiger partial charge in [-0.25, -0.2) is 0 Å². The molecule has 1 unspecified atom stereocenters. The Morgan fingerprint density at radius 3 is 2.00 bits per heavy atom. The fourth-order valence-corrected chi connectivity index (χ4v) is 1.83. The molecule has 0 bridgehead atoms. The number of carbonyl (C=O) groups excluding carboxylic acids is 1. The van der Waals surface area contributed by atoms with Crippen LogP contribution >= 0.6 is 0 Å². The second-order valence-corrected chi connectivity index (χ2v) is 5.46. The number of nitrogens with two attached hydrogens (primary N) is 1. The fraction of sp³-hybridized carbons (Fsp3) is 0.917. The van der Waals surface area contributed by atoms with Crippen LogP contribution in [-0.4, -0.2) is 5.91 Å². The molecule has 0 heterocycles. The molecule has 1 atom stereocenters. The zero-order valence-electron chi connectivity index (χ0n) is 10.3. The highest BCUT2D eigenvalue weighted by molar-refractivity contribution is 5.80. The summed E-state index contributed by atoms with van der Waals surface area (Å²) in [6, 6.07) is 0. The Hall–Kier alpha value is -0.530. The zero-order chi connectivity index (χ0) is 11.4. The SMILES string of the molecule is CC(C)CCC(C)(CC(C)C)C(N)=O. The van der Waals surface area contributed by atoms with E-state index >= 15 is 0 Å². The highest BCUT2D eigenvalue weighted by Crippen LogP contribution is 2.32. The van der Waals surface area contributed by atoms with Crippen molar-refractivity contribution in [2.45, 2.75) is 53.9 Å². The van der Waals surface area contributed by atoms with Gasteiger partial charge in [0.15, 0.2) is 0 Å². The molecule has 14 heavy (non-hydrogen) atoms. The van der Waals surface area contributed by atoms with Gasteiger partial charge in [-0.15, -0.1) is 0 Å². The minimum atomic E-state index is -0.307. The molecule has 2 N–H and O–H groups in total. The Morgan fingerprint density at radius 1 is 1.21 bits per heavy atom. The lowest BCUT2D eigenvalue weighted by molar-refractivity contribution is -0.128. The molecule has 1 amide bonds. The van der Waals surface area contributed by atoms with Crippen LogP contribution in [0.25, 0.3) is 0 Å². The lowest BCUT2D eigenvalue weighted by Gasteiger charge is -2.28. The Balaban J connectivity index is 4.32. The molecule has 0 aromatic carbocycles. The van der Waals surface area contributed by atoms with E-state index in [1.165, 1.54) is 0 Å². The summed E-state index contributed by atoms with van der Waals surface area (Å²) in [6.45, 7) is 10.6. The summed E-state index contributed by atoms with van der Waals surface area (Å²) < 4.78 is 0. The molecule has 0 aromatic rings. The van der Waals surface area contributed by atoms with E-state index in [-0.39, 0.29) is 11.3 Å². The van der Waals surface area contributed by atoms with Crippen molar-refractivity contribution >= 4 is 5.91 Å². The van der Waals surface area contributed by atoms with Gasteiger partial charge in [0.25, 0.3) is 0 Å². The highest BCUT2D eigenvalue weighted by atomic mass is 16.1. The third-order valence-corrected chi connectivity index (χ3v) is 2.73. The number of hydrogen-bond acceptors (Lipinski definition) is 1. The van der Waals surface area contributed by atoms with E-state index in [0.717, 1.165) is 19.3 Å². The first-order valence-corrected chi connectivity index (χ1v) is 5.58. The summed E-state index contributed by atoms with van der Waals surface area (Å²) in [5.41, 5.74) is 5.16. The van der Waals surface area contributed by atoms with Gasteiger partial charge >= 0.3 is 0 Å². The molecular weight excluding hydrogens is 174 g/mol. The van der Waals surface area contributed by atoms with Crippen LogP contribution in [0.15, 0.2) is 0 Å². The first-order valence-electron chi connectivity index (χ1n) is 5.58. The molecule has 0 fully saturated rings. The molecule has 84 valence electrons. The summed E-state index contributed by atoms with van der Waals surface area (Å²) in [5, 5.41) is 0. The lowest BCUT2D eigenvalue weighted by atomic mass is 9.76. The lowest BCUT2D eigenvalue weighted by Crippen LogP contribution is -2.35. The molecule has 0 rings (SSSR count). The number of hydrogen-bond donors (Lipinski definition) is 1. The average Bonchev–Trinajstić information content (AvgIpc) is 1.99. The van der Waals surface area contributed by atoms with E-state index in [9.17, 15) is 4.79 Å². The first-order chi connectivity index (χ1) is 6.28. The maximum atomic E-state index is 11.4. The smallest absolute Gasteiger partial charge is 0.223 e. The molecule has 0 aliphatic carbocycles. The molecule has 0 saturated heterocycles. The molecular formula is C12H25NO. The van der Waals surface area contributed by atoms with Gasteiger partial charge in [-0.3, -0.25) is 4.79 Å². The highest BCUT2D eigenvalue weighted by Gasteiger charge is 2.31. The summed E-state index contributed by atoms with van der Waals surface area (Å²) in [5.74, 6) is 1.02. The van der Waals surface area contributed by atoms with E-state index in [2.05, 4.69) is 27.7 Å². The molecule has 2 nitrogen and oxygen atoms in total. The van der Waals surface area contributed by atoms with Gasteiger partial charge < -0.3 is 5.73 Å². The van der Waals surface area contributed by atoms with Crippen molar-refractivity contribution in [2.75, 3.05) is 0 Å². The third-order valence-electron chi connectivity index (χ3n) is 2.73. The van der Waals surface area contributed by atoms with Crippen LogP contribution in [0.5, 0.6) is 0 Å². The van der Waals surface area contributed by atoms with Crippen molar-refractivity contribution < 1.29 is 4.79 Å². The molecule has 0 aromatic heterocycles. The van der Waals surface area contributed by atoms with E-state index < -0.39 is 0 Å². The van der Waals surface area contributed by atoms with E-state index in [1.54, 1.807) is 0 Å². The van der Waals surface area contributed by atoms with Crippen LogP contribution < -0.4 is 5.73 Å². The Labute approximate surface area is 88.3 Å². The van der Waals surface area contributed by atoms with E-state index in [1.807, 2.05) is 6.92 Å². The van der Waals surface area contributed by atoms with Crippen molar-refractivity contribution in [1.29, 1.82) is 0 Å². The summed E-state index contributed by atoms with van der Waals surface area (Å²) >= 11 is 0. The second kappa shape index (κ2) is 5.38. The number of carbonyl (C=O) groups is 1. The van der Waals surface area contributed by atoms with Gasteiger partial charge in [-0.1, -0.05) is 34.6 Å². The van der Waals surface area contributed by atoms with Crippen LogP contribution in [0.4, 0.5) is 0 Å². The standard InChI is InChI=1S/C12H25NO/c1-9(2)6-7-12(5,11(13)14)8-10(3)4/h9-10H,6-8H2,1-5H3,(H2,13,14). The van der Waals surface area contributed by atoms with Gasteiger partial charge in [0.2, 0.25) is 5.91 Å². The topological polar surface area (TPSA) is 43.1 Å². The predicted molar refractivity (Wildman–Crippen MR) is 60.8 cm³/mol.